The van der Waals surface area contributed by atoms with Crippen molar-refractivity contribution in [3.8, 4) is 0 Å². The van der Waals surface area contributed by atoms with Crippen molar-refractivity contribution >= 4 is 0 Å². The molecule has 5 rings (SSSR count). The Morgan fingerprint density at radius 3 is 1.57 bits per heavy atom. The van der Waals surface area contributed by atoms with Crippen molar-refractivity contribution in [2.24, 2.45) is 0 Å². The molecular weight excluding hydrogens is 340 g/mol. The van der Waals surface area contributed by atoms with Gasteiger partial charge in [0.1, 0.15) is 0 Å². The second-order valence-corrected chi connectivity index (χ2v) is 8.16. The normalized spacial score (nSPS) is 18.5. The number of likely N-dealkylation sites (tertiary alicyclic amines) is 1. The number of piperidine rings is 1. The van der Waals surface area contributed by atoms with E-state index in [4.69, 9.17) is 0 Å². The average Bonchev–Trinajstić information content (AvgIpc) is 3.20. The molecule has 142 valence electrons. The van der Waals surface area contributed by atoms with Crippen LogP contribution in [0.4, 0.5) is 0 Å². The van der Waals surface area contributed by atoms with Crippen LogP contribution in [0.25, 0.3) is 0 Å². The van der Waals surface area contributed by atoms with Crippen LogP contribution in [0.1, 0.15) is 41.1 Å². The standard InChI is InChI=1S/C26H28N2/c1-3-9-21(10-4-1)26(22-11-5-2-6-12-22)27-17-15-25(16-18-27)28-19-23-13-7-8-14-24(23)20-28/h1-14,25-26H,15-20H2. The van der Waals surface area contributed by atoms with Crippen molar-refractivity contribution in [2.75, 3.05) is 13.1 Å². The minimum Gasteiger partial charge on any atom is -0.292 e. The SMILES string of the molecule is c1ccc(C(c2ccccc2)N2CCC(N3Cc4ccccc4C3)CC2)cc1. The molecule has 2 aliphatic heterocycles. The molecule has 0 bridgehead atoms. The van der Waals surface area contributed by atoms with Gasteiger partial charge in [0.05, 0.1) is 6.04 Å². The van der Waals surface area contributed by atoms with Gasteiger partial charge in [0.25, 0.3) is 0 Å². The van der Waals surface area contributed by atoms with Gasteiger partial charge in [-0.25, -0.2) is 0 Å². The molecule has 2 heterocycles. The maximum Gasteiger partial charge on any atom is 0.0601 e. The highest BCUT2D eigenvalue weighted by Gasteiger charge is 2.32. The first-order valence-corrected chi connectivity index (χ1v) is 10.5. The van der Waals surface area contributed by atoms with E-state index in [1.165, 1.54) is 35.1 Å². The Morgan fingerprint density at radius 2 is 1.07 bits per heavy atom. The quantitative estimate of drug-likeness (QED) is 0.620. The molecule has 0 radical (unpaired) electrons. The molecule has 0 unspecified atom stereocenters. The molecule has 2 aliphatic rings. The minimum absolute atomic E-state index is 0.360. The van der Waals surface area contributed by atoms with Crippen LogP contribution in [-0.2, 0) is 13.1 Å². The van der Waals surface area contributed by atoms with Gasteiger partial charge in [0.2, 0.25) is 0 Å². The number of hydrogen-bond acceptors (Lipinski definition) is 2. The van der Waals surface area contributed by atoms with Gasteiger partial charge in [0, 0.05) is 32.2 Å². The van der Waals surface area contributed by atoms with Crippen molar-refractivity contribution in [1.29, 1.82) is 0 Å². The fourth-order valence-electron chi connectivity index (χ4n) is 5.01. The van der Waals surface area contributed by atoms with Gasteiger partial charge in [-0.2, -0.15) is 0 Å². The van der Waals surface area contributed by atoms with E-state index in [9.17, 15) is 0 Å². The second kappa shape index (κ2) is 7.90. The number of benzene rings is 3. The summed E-state index contributed by atoms with van der Waals surface area (Å²) in [5.74, 6) is 0. The van der Waals surface area contributed by atoms with Gasteiger partial charge < -0.3 is 0 Å². The molecule has 0 spiro atoms. The molecule has 1 fully saturated rings. The maximum absolute atomic E-state index is 2.70. The van der Waals surface area contributed by atoms with Crippen LogP contribution in [0.2, 0.25) is 0 Å². The van der Waals surface area contributed by atoms with Gasteiger partial charge in [-0.05, 0) is 35.1 Å². The third-order valence-corrected chi connectivity index (χ3v) is 6.48. The largest absolute Gasteiger partial charge is 0.292 e. The van der Waals surface area contributed by atoms with E-state index >= 15 is 0 Å². The first-order valence-electron chi connectivity index (χ1n) is 10.5. The Hall–Kier alpha value is -2.42. The highest BCUT2D eigenvalue weighted by molar-refractivity contribution is 5.32. The summed E-state index contributed by atoms with van der Waals surface area (Å²) in [6.45, 7) is 4.57. The van der Waals surface area contributed by atoms with E-state index in [0.29, 0.717) is 12.1 Å². The zero-order valence-electron chi connectivity index (χ0n) is 16.4. The highest BCUT2D eigenvalue weighted by Crippen LogP contribution is 2.34. The molecule has 0 aromatic heterocycles. The second-order valence-electron chi connectivity index (χ2n) is 8.16. The van der Waals surface area contributed by atoms with Crippen LogP contribution in [0.3, 0.4) is 0 Å². The molecule has 3 aromatic rings. The summed E-state index contributed by atoms with van der Waals surface area (Å²) >= 11 is 0. The zero-order valence-corrected chi connectivity index (χ0v) is 16.4. The number of fused-ring (bicyclic) bond motifs is 1. The van der Waals surface area contributed by atoms with Gasteiger partial charge in [-0.1, -0.05) is 84.9 Å². The molecule has 2 nitrogen and oxygen atoms in total. The van der Waals surface area contributed by atoms with E-state index < -0.39 is 0 Å². The van der Waals surface area contributed by atoms with Crippen molar-refractivity contribution in [3.63, 3.8) is 0 Å². The third-order valence-electron chi connectivity index (χ3n) is 6.48. The maximum atomic E-state index is 2.70. The van der Waals surface area contributed by atoms with Crippen molar-refractivity contribution in [2.45, 2.75) is 38.0 Å². The van der Waals surface area contributed by atoms with Crippen LogP contribution in [-0.4, -0.2) is 28.9 Å². The summed E-state index contributed by atoms with van der Waals surface area (Å²) in [6, 6.07) is 32.0. The van der Waals surface area contributed by atoms with E-state index in [1.807, 2.05) is 0 Å². The molecule has 28 heavy (non-hydrogen) atoms. The van der Waals surface area contributed by atoms with Crippen molar-refractivity contribution in [3.05, 3.63) is 107 Å². The molecule has 0 aliphatic carbocycles. The average molecular weight is 369 g/mol. The van der Waals surface area contributed by atoms with Crippen molar-refractivity contribution in [1.82, 2.24) is 9.80 Å². The monoisotopic (exact) mass is 368 g/mol. The van der Waals surface area contributed by atoms with Crippen molar-refractivity contribution < 1.29 is 0 Å². The molecule has 1 saturated heterocycles. The molecule has 0 N–H and O–H groups in total. The summed E-state index contributed by atoms with van der Waals surface area (Å²) < 4.78 is 0. The lowest BCUT2D eigenvalue weighted by molar-refractivity contribution is 0.0912. The molecule has 3 aromatic carbocycles. The van der Waals surface area contributed by atoms with Crippen LogP contribution in [0.5, 0.6) is 0 Å². The van der Waals surface area contributed by atoms with Crippen LogP contribution < -0.4 is 0 Å². The first-order chi connectivity index (χ1) is 13.9. The summed E-state index contributed by atoms with van der Waals surface area (Å²) in [5.41, 5.74) is 5.86. The fourth-order valence-corrected chi connectivity index (χ4v) is 5.01. The predicted molar refractivity (Wildman–Crippen MR) is 115 cm³/mol. The van der Waals surface area contributed by atoms with E-state index in [0.717, 1.165) is 26.2 Å². The Balaban J connectivity index is 1.31. The Bertz CT molecular complexity index is 833. The van der Waals surface area contributed by atoms with Gasteiger partial charge in [-0.3, -0.25) is 9.80 Å². The molecule has 2 heteroatoms. The molecule has 0 saturated carbocycles. The lowest BCUT2D eigenvalue weighted by Gasteiger charge is -2.40. The number of rotatable bonds is 4. The van der Waals surface area contributed by atoms with Gasteiger partial charge >= 0.3 is 0 Å². The van der Waals surface area contributed by atoms with Crippen LogP contribution in [0, 0.1) is 0 Å². The number of nitrogens with zero attached hydrogens (tertiary/aromatic N) is 2. The summed E-state index contributed by atoms with van der Waals surface area (Å²) in [7, 11) is 0. The summed E-state index contributed by atoms with van der Waals surface area (Å²) in [5, 5.41) is 0. The Labute approximate surface area is 168 Å². The van der Waals surface area contributed by atoms with E-state index in [-0.39, 0.29) is 0 Å². The van der Waals surface area contributed by atoms with E-state index in [2.05, 4.69) is 94.7 Å². The Morgan fingerprint density at radius 1 is 0.607 bits per heavy atom. The Kier molecular flexibility index (Phi) is 4.99. The smallest absolute Gasteiger partial charge is 0.0601 e. The summed E-state index contributed by atoms with van der Waals surface area (Å²) in [4.78, 5) is 5.38. The minimum atomic E-state index is 0.360. The van der Waals surface area contributed by atoms with Gasteiger partial charge in [0.15, 0.2) is 0 Å². The molecular formula is C26H28N2. The highest BCUT2D eigenvalue weighted by atomic mass is 15.2. The van der Waals surface area contributed by atoms with E-state index in [1.54, 1.807) is 0 Å². The lowest BCUT2D eigenvalue weighted by atomic mass is 9.93. The third kappa shape index (κ3) is 3.50. The lowest BCUT2D eigenvalue weighted by Crippen LogP contribution is -2.44. The first kappa shape index (κ1) is 17.7. The van der Waals surface area contributed by atoms with Crippen LogP contribution >= 0.6 is 0 Å². The molecule has 0 atom stereocenters. The number of hydrogen-bond donors (Lipinski definition) is 0. The predicted octanol–water partition coefficient (Wildman–Crippen LogP) is 5.26. The fraction of sp³-hybridized carbons (Fsp3) is 0.308. The topological polar surface area (TPSA) is 6.48 Å². The van der Waals surface area contributed by atoms with Crippen LogP contribution in [0.15, 0.2) is 84.9 Å². The molecule has 0 amide bonds. The van der Waals surface area contributed by atoms with Gasteiger partial charge in [-0.15, -0.1) is 0 Å². The summed E-state index contributed by atoms with van der Waals surface area (Å²) in [6.07, 6.45) is 2.51. The zero-order chi connectivity index (χ0) is 18.8.